The summed E-state index contributed by atoms with van der Waals surface area (Å²) >= 11 is 0. The van der Waals surface area contributed by atoms with Gasteiger partial charge in [-0.15, -0.1) is 48.1 Å². The SMILES string of the molecule is Cc1cc(C(C)(C)C)cc(C)c1-c1ccnc(-n2c3[c-]c(Oc4[c-]c(N5C=C(c6ccccc6)N(c6cc(-c7ccccc7)cc(C(C)(C)C)c6)[CH-]5)ccc4)ccc3c3ccccc32)c1.[Pt]. The van der Waals surface area contributed by atoms with E-state index in [1.807, 2.05) is 24.4 Å². The van der Waals surface area contributed by atoms with Crippen molar-refractivity contribution in [1.82, 2.24) is 9.55 Å². The Morgan fingerprint density at radius 3 is 1.92 bits per heavy atom. The minimum absolute atomic E-state index is 0. The Morgan fingerprint density at radius 1 is 0.561 bits per heavy atom. The third kappa shape index (κ3) is 8.61. The van der Waals surface area contributed by atoms with Crippen LogP contribution in [0.2, 0.25) is 0 Å². The van der Waals surface area contributed by atoms with Gasteiger partial charge in [0.05, 0.1) is 0 Å². The van der Waals surface area contributed by atoms with Crippen LogP contribution in [0.25, 0.3) is 55.6 Å². The summed E-state index contributed by atoms with van der Waals surface area (Å²) < 4.78 is 8.86. The summed E-state index contributed by atoms with van der Waals surface area (Å²) in [5.74, 6) is 2.01. The van der Waals surface area contributed by atoms with Gasteiger partial charge in [-0.1, -0.05) is 144 Å². The molecule has 0 amide bonds. The van der Waals surface area contributed by atoms with E-state index in [4.69, 9.17) is 9.72 Å². The molecule has 0 N–H and O–H groups in total. The zero-order valence-electron chi connectivity index (χ0n) is 38.8. The van der Waals surface area contributed by atoms with Crippen LogP contribution >= 0.6 is 0 Å². The Balaban J connectivity index is 0.00000548. The Bertz CT molecular complexity index is 3240. The molecular formula is C60H53N4OPt-3. The molecule has 0 saturated heterocycles. The van der Waals surface area contributed by atoms with Crippen LogP contribution in [0.3, 0.4) is 0 Å². The van der Waals surface area contributed by atoms with Crippen LogP contribution in [0.15, 0.2) is 170 Å². The standard InChI is InChI=1S/C60H53N4O.Pt/c1-40-30-46(59(3,4)5)31-41(2)58(40)44-28-29-61-57(34-44)64-54-25-16-15-24-52(54)53-27-26-51(37-55(53)64)65-50-23-17-22-48(36-50)62-38-56(43-20-13-10-14-21-43)63(39-62)49-33-45(42-18-11-9-12-19-42)32-47(35-49)60(6,7)8;/h9-35,38-39H,1-8H3;/q-3;. The van der Waals surface area contributed by atoms with Crippen LogP contribution in [0, 0.1) is 32.6 Å². The van der Waals surface area contributed by atoms with E-state index in [0.29, 0.717) is 11.5 Å². The van der Waals surface area contributed by atoms with E-state index in [1.54, 1.807) is 0 Å². The number of ether oxygens (including phenoxy) is 1. The number of nitrogens with zero attached hydrogens (tertiary/aromatic N) is 4. The van der Waals surface area contributed by atoms with Crippen LogP contribution in [0.5, 0.6) is 11.5 Å². The summed E-state index contributed by atoms with van der Waals surface area (Å²) in [6.07, 6.45) is 4.09. The van der Waals surface area contributed by atoms with Crippen molar-refractivity contribution in [2.45, 2.75) is 66.2 Å². The molecule has 0 spiro atoms. The van der Waals surface area contributed by atoms with Gasteiger partial charge in [0, 0.05) is 55.7 Å². The Morgan fingerprint density at radius 2 is 1.21 bits per heavy atom. The van der Waals surface area contributed by atoms with Crippen molar-refractivity contribution in [1.29, 1.82) is 0 Å². The number of benzene rings is 7. The molecule has 6 heteroatoms. The number of aryl methyl sites for hydroxylation is 2. The molecule has 9 aromatic rings. The van der Waals surface area contributed by atoms with E-state index in [1.165, 1.54) is 38.9 Å². The van der Waals surface area contributed by atoms with Gasteiger partial charge in [0.25, 0.3) is 0 Å². The minimum Gasteiger partial charge on any atom is -0.509 e. The number of para-hydroxylation sites is 1. The van der Waals surface area contributed by atoms with Crippen molar-refractivity contribution in [2.24, 2.45) is 0 Å². The van der Waals surface area contributed by atoms with Gasteiger partial charge in [-0.05, 0) is 117 Å². The van der Waals surface area contributed by atoms with Crippen LogP contribution in [-0.2, 0) is 31.9 Å². The fourth-order valence-corrected chi connectivity index (χ4v) is 9.04. The number of fused-ring (bicyclic) bond motifs is 3. The van der Waals surface area contributed by atoms with Gasteiger partial charge in [0.15, 0.2) is 0 Å². The van der Waals surface area contributed by atoms with Crippen molar-refractivity contribution in [2.75, 3.05) is 9.80 Å². The molecule has 0 unspecified atom stereocenters. The number of anilines is 2. The maximum atomic E-state index is 6.66. The maximum Gasteiger partial charge on any atom is 0.136 e. The predicted molar refractivity (Wildman–Crippen MR) is 271 cm³/mol. The number of pyridine rings is 1. The van der Waals surface area contributed by atoms with Gasteiger partial charge in [-0.2, -0.15) is 12.1 Å². The Labute approximate surface area is 404 Å². The van der Waals surface area contributed by atoms with Gasteiger partial charge in [-0.25, -0.2) is 4.98 Å². The first-order chi connectivity index (χ1) is 31.3. The molecule has 1 aliphatic rings. The summed E-state index contributed by atoms with van der Waals surface area (Å²) in [5.41, 5.74) is 15.9. The van der Waals surface area contributed by atoms with Crippen LogP contribution in [-0.4, -0.2) is 9.55 Å². The molecule has 0 radical (unpaired) electrons. The fourth-order valence-electron chi connectivity index (χ4n) is 9.04. The molecule has 0 atom stereocenters. The summed E-state index contributed by atoms with van der Waals surface area (Å²) in [5, 5.41) is 2.21. The van der Waals surface area contributed by atoms with Crippen molar-refractivity contribution < 1.29 is 25.8 Å². The first-order valence-corrected chi connectivity index (χ1v) is 22.4. The predicted octanol–water partition coefficient (Wildman–Crippen LogP) is 15.6. The molecule has 0 aliphatic carbocycles. The molecule has 332 valence electrons. The van der Waals surface area contributed by atoms with E-state index in [9.17, 15) is 0 Å². The zero-order valence-corrected chi connectivity index (χ0v) is 41.0. The number of hydrogen-bond donors (Lipinski definition) is 0. The molecule has 7 aromatic carbocycles. The van der Waals surface area contributed by atoms with Crippen molar-refractivity contribution in [3.8, 4) is 39.6 Å². The van der Waals surface area contributed by atoms with Crippen LogP contribution in [0.4, 0.5) is 11.4 Å². The molecule has 0 saturated carbocycles. The second-order valence-corrected chi connectivity index (χ2v) is 19.2. The second-order valence-electron chi connectivity index (χ2n) is 19.2. The second kappa shape index (κ2) is 17.6. The Kier molecular flexibility index (Phi) is 11.9. The smallest absolute Gasteiger partial charge is 0.136 e. The minimum atomic E-state index is -0.0544. The van der Waals surface area contributed by atoms with E-state index in [-0.39, 0.29) is 31.9 Å². The molecule has 0 bridgehead atoms. The zero-order chi connectivity index (χ0) is 45.0. The molecule has 5 nitrogen and oxygen atoms in total. The summed E-state index contributed by atoms with van der Waals surface area (Å²) in [6.45, 7) is 20.2. The molecule has 3 heterocycles. The van der Waals surface area contributed by atoms with E-state index < -0.39 is 0 Å². The first kappa shape index (κ1) is 44.5. The topological polar surface area (TPSA) is 33.5 Å². The van der Waals surface area contributed by atoms with E-state index in [2.05, 4.69) is 234 Å². The van der Waals surface area contributed by atoms with Crippen LogP contribution < -0.4 is 14.5 Å². The summed E-state index contributed by atoms with van der Waals surface area (Å²) in [4.78, 5) is 9.38. The third-order valence-corrected chi connectivity index (χ3v) is 12.5. The molecular weight excluding hydrogens is 988 g/mol. The van der Waals surface area contributed by atoms with E-state index >= 15 is 0 Å². The first-order valence-electron chi connectivity index (χ1n) is 22.4. The van der Waals surface area contributed by atoms with Crippen molar-refractivity contribution in [3.63, 3.8) is 0 Å². The van der Waals surface area contributed by atoms with E-state index in [0.717, 1.165) is 55.8 Å². The molecule has 66 heavy (non-hydrogen) atoms. The fraction of sp³-hybridized carbons (Fsp3) is 0.167. The van der Waals surface area contributed by atoms with Gasteiger partial charge in [-0.3, -0.25) is 0 Å². The molecule has 10 rings (SSSR count). The van der Waals surface area contributed by atoms with Gasteiger partial charge in [0.1, 0.15) is 5.82 Å². The van der Waals surface area contributed by atoms with Gasteiger partial charge >= 0.3 is 0 Å². The molecule has 1 aliphatic heterocycles. The molecule has 2 aromatic heterocycles. The average Bonchev–Trinajstić information content (AvgIpc) is 3.89. The summed E-state index contributed by atoms with van der Waals surface area (Å²) in [6, 6.07) is 63.0. The number of rotatable bonds is 8. The number of aromatic nitrogens is 2. The van der Waals surface area contributed by atoms with Crippen molar-refractivity contribution in [3.05, 3.63) is 217 Å². The van der Waals surface area contributed by atoms with Gasteiger partial charge < -0.3 is 19.1 Å². The van der Waals surface area contributed by atoms with Gasteiger partial charge in [0.2, 0.25) is 0 Å². The Hall–Kier alpha value is -6.68. The number of hydrogen-bond acceptors (Lipinski definition) is 4. The quantitative estimate of drug-likeness (QED) is 0.142. The monoisotopic (exact) mass is 1040 g/mol. The third-order valence-electron chi connectivity index (χ3n) is 12.5. The van der Waals surface area contributed by atoms with Crippen LogP contribution in [0.1, 0.15) is 69.4 Å². The van der Waals surface area contributed by atoms with Crippen molar-refractivity contribution >= 4 is 38.9 Å². The molecule has 0 fully saturated rings. The normalized spacial score (nSPS) is 13.0. The maximum absolute atomic E-state index is 6.66. The largest absolute Gasteiger partial charge is 0.509 e. The summed E-state index contributed by atoms with van der Waals surface area (Å²) in [7, 11) is 0. The average molecular weight is 1040 g/mol.